The maximum absolute atomic E-state index is 5.87. The van der Waals surface area contributed by atoms with Crippen molar-refractivity contribution in [2.75, 3.05) is 12.4 Å². The molecule has 0 bridgehead atoms. The summed E-state index contributed by atoms with van der Waals surface area (Å²) < 4.78 is 5.87. The molecule has 2 heterocycles. The van der Waals surface area contributed by atoms with E-state index in [1.165, 1.54) is 34.2 Å². The first-order valence-corrected chi connectivity index (χ1v) is 10.6. The van der Waals surface area contributed by atoms with Gasteiger partial charge in [0.25, 0.3) is 0 Å². The number of nitrogens with zero attached hydrogens (tertiary/aromatic N) is 2. The van der Waals surface area contributed by atoms with Crippen LogP contribution in [-0.4, -0.2) is 22.3 Å². The van der Waals surface area contributed by atoms with Gasteiger partial charge in [0.05, 0.1) is 6.61 Å². The van der Waals surface area contributed by atoms with E-state index >= 15 is 0 Å². The third-order valence-electron chi connectivity index (χ3n) is 4.64. The average molecular weight is 371 g/mol. The number of benzene rings is 1. The summed E-state index contributed by atoms with van der Waals surface area (Å²) >= 11 is 3.64. The van der Waals surface area contributed by atoms with Crippen LogP contribution < -0.4 is 4.74 Å². The molecule has 3 nitrogen and oxygen atoms in total. The molecule has 4 rings (SSSR count). The molecule has 0 saturated carbocycles. The number of ether oxygens (including phenoxy) is 1. The summed E-state index contributed by atoms with van der Waals surface area (Å²) in [7, 11) is 0. The Bertz CT molecular complexity index is 891. The number of thioether (sulfide) groups is 1. The Labute approximate surface area is 156 Å². The van der Waals surface area contributed by atoms with E-state index in [1.807, 2.05) is 23.5 Å². The highest BCUT2D eigenvalue weighted by atomic mass is 32.2. The second-order valence-electron chi connectivity index (χ2n) is 6.72. The molecule has 2 aromatic heterocycles. The zero-order valence-corrected chi connectivity index (χ0v) is 16.3. The second-order valence-corrected chi connectivity index (χ2v) is 8.89. The number of fused-ring (bicyclic) bond motifs is 3. The van der Waals surface area contributed by atoms with Gasteiger partial charge in [-0.1, -0.05) is 19.1 Å². The van der Waals surface area contributed by atoms with E-state index in [4.69, 9.17) is 4.74 Å². The number of aromatic nitrogens is 2. The summed E-state index contributed by atoms with van der Waals surface area (Å²) in [5.74, 6) is 2.61. The molecule has 0 amide bonds. The van der Waals surface area contributed by atoms with Gasteiger partial charge in [-0.25, -0.2) is 9.97 Å². The lowest BCUT2D eigenvalue weighted by Gasteiger charge is -2.18. The van der Waals surface area contributed by atoms with Gasteiger partial charge >= 0.3 is 0 Å². The number of aryl methyl sites for hydroxylation is 2. The fraction of sp³-hybridized carbons (Fsp3) is 0.400. The van der Waals surface area contributed by atoms with Crippen LogP contribution in [0.15, 0.2) is 35.6 Å². The summed E-state index contributed by atoms with van der Waals surface area (Å²) in [4.78, 5) is 11.8. The molecular formula is C20H22N2OS2. The van der Waals surface area contributed by atoms with E-state index in [2.05, 4.69) is 35.9 Å². The first kappa shape index (κ1) is 16.9. The van der Waals surface area contributed by atoms with Crippen LogP contribution in [0.4, 0.5) is 0 Å². The zero-order valence-electron chi connectivity index (χ0n) is 14.6. The number of hydrogen-bond acceptors (Lipinski definition) is 5. The molecule has 0 spiro atoms. The zero-order chi connectivity index (χ0) is 17.2. The molecule has 0 N–H and O–H groups in total. The highest BCUT2D eigenvalue weighted by molar-refractivity contribution is 7.99. The van der Waals surface area contributed by atoms with Gasteiger partial charge in [-0.15, -0.1) is 23.1 Å². The molecule has 3 aromatic rings. The summed E-state index contributed by atoms with van der Waals surface area (Å²) in [6.07, 6.45) is 5.33. The highest BCUT2D eigenvalue weighted by Gasteiger charge is 2.23. The minimum absolute atomic E-state index is 0.684. The molecule has 25 heavy (non-hydrogen) atoms. The van der Waals surface area contributed by atoms with Crippen molar-refractivity contribution in [2.24, 2.45) is 5.92 Å². The first-order chi connectivity index (χ1) is 12.2. The van der Waals surface area contributed by atoms with Crippen molar-refractivity contribution in [1.82, 2.24) is 9.97 Å². The normalized spacial score (nSPS) is 16.8. The molecule has 0 saturated heterocycles. The van der Waals surface area contributed by atoms with Crippen LogP contribution in [0.25, 0.3) is 10.2 Å². The van der Waals surface area contributed by atoms with E-state index in [9.17, 15) is 0 Å². The van der Waals surface area contributed by atoms with Crippen molar-refractivity contribution in [2.45, 2.75) is 38.1 Å². The summed E-state index contributed by atoms with van der Waals surface area (Å²) in [5, 5.41) is 2.42. The summed E-state index contributed by atoms with van der Waals surface area (Å²) in [6.45, 7) is 5.11. The summed E-state index contributed by atoms with van der Waals surface area (Å²) in [6, 6.07) is 8.20. The molecule has 130 valence electrons. The van der Waals surface area contributed by atoms with E-state index in [0.717, 1.165) is 33.7 Å². The maximum Gasteiger partial charge on any atom is 0.128 e. The van der Waals surface area contributed by atoms with Crippen LogP contribution in [-0.2, 0) is 12.8 Å². The minimum Gasteiger partial charge on any atom is -0.493 e. The van der Waals surface area contributed by atoms with Gasteiger partial charge < -0.3 is 4.74 Å². The fourth-order valence-corrected chi connectivity index (χ4v) is 5.62. The SMILES string of the molecule is Cc1cccc(OCCSc2ncnc3sc4c(c23)CC[C@H](C)C4)c1. The standard InChI is InChI=1S/C20H22N2OS2/c1-13-4-3-5-15(10-13)23-8-9-24-19-18-16-7-6-14(2)11-17(16)25-20(18)22-12-21-19/h3-5,10,12,14H,6-9,11H2,1-2H3/t14-/m0/s1. The fourth-order valence-electron chi connectivity index (χ4n) is 3.36. The van der Waals surface area contributed by atoms with Gasteiger partial charge in [-0.3, -0.25) is 0 Å². The minimum atomic E-state index is 0.684. The van der Waals surface area contributed by atoms with Crippen LogP contribution in [0.3, 0.4) is 0 Å². The number of thiophene rings is 1. The molecule has 1 aromatic carbocycles. The average Bonchev–Trinajstić information content (AvgIpc) is 2.97. The van der Waals surface area contributed by atoms with Crippen LogP contribution in [0.2, 0.25) is 0 Å². The Balaban J connectivity index is 1.46. The molecule has 0 radical (unpaired) electrons. The van der Waals surface area contributed by atoms with Crippen molar-refractivity contribution in [1.29, 1.82) is 0 Å². The second kappa shape index (κ2) is 7.34. The lowest BCUT2D eigenvalue weighted by Crippen LogP contribution is -2.08. The van der Waals surface area contributed by atoms with Crippen LogP contribution in [0, 0.1) is 12.8 Å². The first-order valence-electron chi connectivity index (χ1n) is 8.78. The monoisotopic (exact) mass is 370 g/mol. The van der Waals surface area contributed by atoms with Gasteiger partial charge in [0.1, 0.15) is 21.9 Å². The Morgan fingerprint density at radius 3 is 3.12 bits per heavy atom. The molecule has 1 aliphatic rings. The van der Waals surface area contributed by atoms with E-state index in [-0.39, 0.29) is 0 Å². The van der Waals surface area contributed by atoms with E-state index in [1.54, 1.807) is 18.1 Å². The van der Waals surface area contributed by atoms with Crippen molar-refractivity contribution in [3.63, 3.8) is 0 Å². The Hall–Kier alpha value is -1.59. The van der Waals surface area contributed by atoms with Gasteiger partial charge in [0.15, 0.2) is 0 Å². The van der Waals surface area contributed by atoms with Crippen molar-refractivity contribution >= 4 is 33.3 Å². The predicted octanol–water partition coefficient (Wildman–Crippen LogP) is 5.30. The topological polar surface area (TPSA) is 35.0 Å². The number of hydrogen-bond donors (Lipinski definition) is 0. The lowest BCUT2D eigenvalue weighted by molar-refractivity contribution is 0.343. The third-order valence-corrected chi connectivity index (χ3v) is 6.75. The van der Waals surface area contributed by atoms with Crippen LogP contribution in [0.1, 0.15) is 29.3 Å². The molecule has 5 heteroatoms. The van der Waals surface area contributed by atoms with Gasteiger partial charge in [-0.2, -0.15) is 0 Å². The Morgan fingerprint density at radius 1 is 1.32 bits per heavy atom. The predicted molar refractivity (Wildman–Crippen MR) is 106 cm³/mol. The van der Waals surface area contributed by atoms with Crippen molar-refractivity contribution < 1.29 is 4.74 Å². The third kappa shape index (κ3) is 3.67. The van der Waals surface area contributed by atoms with Crippen LogP contribution >= 0.6 is 23.1 Å². The molecule has 1 aliphatic carbocycles. The van der Waals surface area contributed by atoms with Gasteiger partial charge in [0.2, 0.25) is 0 Å². The summed E-state index contributed by atoms with van der Waals surface area (Å²) in [5.41, 5.74) is 2.72. The lowest BCUT2D eigenvalue weighted by atomic mass is 9.89. The molecule has 0 aliphatic heterocycles. The smallest absolute Gasteiger partial charge is 0.128 e. The maximum atomic E-state index is 5.87. The molecular weight excluding hydrogens is 348 g/mol. The molecule has 0 fully saturated rings. The molecule has 1 atom stereocenters. The Kier molecular flexibility index (Phi) is 4.95. The molecule has 0 unspecified atom stereocenters. The quantitative estimate of drug-likeness (QED) is 0.347. The van der Waals surface area contributed by atoms with Crippen molar-refractivity contribution in [3.8, 4) is 5.75 Å². The largest absolute Gasteiger partial charge is 0.493 e. The Morgan fingerprint density at radius 2 is 2.24 bits per heavy atom. The van der Waals surface area contributed by atoms with E-state index < -0.39 is 0 Å². The van der Waals surface area contributed by atoms with Crippen LogP contribution in [0.5, 0.6) is 5.75 Å². The highest BCUT2D eigenvalue weighted by Crippen LogP contribution is 2.40. The van der Waals surface area contributed by atoms with Gasteiger partial charge in [0, 0.05) is 16.0 Å². The number of rotatable bonds is 5. The van der Waals surface area contributed by atoms with E-state index in [0.29, 0.717) is 6.61 Å². The van der Waals surface area contributed by atoms with Crippen molar-refractivity contribution in [3.05, 3.63) is 46.6 Å². The van der Waals surface area contributed by atoms with Gasteiger partial charge in [-0.05, 0) is 55.4 Å².